The minimum atomic E-state index is -0.777. The number of nitrogens with zero attached hydrogens (tertiary/aromatic N) is 1. The van der Waals surface area contributed by atoms with Crippen LogP contribution in [0.1, 0.15) is 43.7 Å². The Kier molecular flexibility index (Phi) is 4.03. The lowest BCUT2D eigenvalue weighted by molar-refractivity contribution is 0.132. The molecule has 1 aromatic rings. The zero-order chi connectivity index (χ0) is 14.1. The van der Waals surface area contributed by atoms with Crippen molar-refractivity contribution in [2.45, 2.75) is 44.2 Å². The molecule has 1 aliphatic carbocycles. The van der Waals surface area contributed by atoms with Crippen LogP contribution in [0.25, 0.3) is 0 Å². The summed E-state index contributed by atoms with van der Waals surface area (Å²) >= 11 is 0. The van der Waals surface area contributed by atoms with Crippen molar-refractivity contribution in [2.24, 2.45) is 11.7 Å². The highest BCUT2D eigenvalue weighted by atomic mass is 19.2. The van der Waals surface area contributed by atoms with Gasteiger partial charge in [-0.25, -0.2) is 8.78 Å². The lowest BCUT2D eigenvalue weighted by atomic mass is 9.84. The van der Waals surface area contributed by atoms with Gasteiger partial charge in [0.05, 0.1) is 6.04 Å². The zero-order valence-electron chi connectivity index (χ0n) is 11.7. The molecule has 1 heterocycles. The van der Waals surface area contributed by atoms with Gasteiger partial charge in [-0.05, 0) is 37.8 Å². The second-order valence-electron chi connectivity index (χ2n) is 6.03. The molecule has 1 saturated heterocycles. The number of benzene rings is 1. The summed E-state index contributed by atoms with van der Waals surface area (Å²) in [6.07, 6.45) is 6.14. The Labute approximate surface area is 118 Å². The molecule has 0 bridgehead atoms. The van der Waals surface area contributed by atoms with Crippen molar-refractivity contribution < 1.29 is 8.78 Å². The third kappa shape index (κ3) is 2.35. The van der Waals surface area contributed by atoms with Gasteiger partial charge in [-0.15, -0.1) is 0 Å². The van der Waals surface area contributed by atoms with Crippen LogP contribution in [-0.2, 0) is 0 Å². The van der Waals surface area contributed by atoms with Crippen molar-refractivity contribution in [3.05, 3.63) is 35.4 Å². The van der Waals surface area contributed by atoms with Crippen LogP contribution < -0.4 is 5.73 Å². The molecule has 2 aliphatic rings. The van der Waals surface area contributed by atoms with E-state index in [4.69, 9.17) is 5.73 Å². The summed E-state index contributed by atoms with van der Waals surface area (Å²) in [4.78, 5) is 2.32. The van der Waals surface area contributed by atoms with Gasteiger partial charge in [0, 0.05) is 18.2 Å². The quantitative estimate of drug-likeness (QED) is 0.921. The molecule has 1 saturated carbocycles. The number of halogens is 2. The molecular weight excluding hydrogens is 258 g/mol. The molecule has 1 aliphatic heterocycles. The average molecular weight is 280 g/mol. The molecule has 0 spiro atoms. The maximum atomic E-state index is 14.1. The van der Waals surface area contributed by atoms with Crippen LogP contribution in [0.3, 0.4) is 0 Å². The van der Waals surface area contributed by atoms with E-state index in [1.807, 2.05) is 0 Å². The third-order valence-corrected chi connectivity index (χ3v) is 5.02. The van der Waals surface area contributed by atoms with E-state index < -0.39 is 11.6 Å². The summed E-state index contributed by atoms with van der Waals surface area (Å²) in [5.74, 6) is -0.794. The van der Waals surface area contributed by atoms with Crippen molar-refractivity contribution in [1.82, 2.24) is 4.90 Å². The molecule has 3 unspecified atom stereocenters. The van der Waals surface area contributed by atoms with Gasteiger partial charge in [0.1, 0.15) is 0 Å². The number of hydrogen-bond donors (Lipinski definition) is 1. The van der Waals surface area contributed by atoms with Crippen molar-refractivity contribution in [1.29, 1.82) is 0 Å². The van der Waals surface area contributed by atoms with Gasteiger partial charge in [0.25, 0.3) is 0 Å². The van der Waals surface area contributed by atoms with E-state index >= 15 is 0 Å². The molecule has 3 atom stereocenters. The summed E-state index contributed by atoms with van der Waals surface area (Å²) in [5.41, 5.74) is 6.31. The average Bonchev–Trinajstić information content (AvgIpc) is 2.88. The van der Waals surface area contributed by atoms with Gasteiger partial charge in [-0.3, -0.25) is 4.90 Å². The van der Waals surface area contributed by atoms with Crippen LogP contribution in [0.5, 0.6) is 0 Å². The predicted octanol–water partition coefficient (Wildman–Crippen LogP) is 3.23. The smallest absolute Gasteiger partial charge is 0.163 e. The van der Waals surface area contributed by atoms with Gasteiger partial charge in [-0.2, -0.15) is 0 Å². The monoisotopic (exact) mass is 280 g/mol. The van der Waals surface area contributed by atoms with Crippen LogP contribution in [0.15, 0.2) is 18.2 Å². The van der Waals surface area contributed by atoms with E-state index in [2.05, 4.69) is 4.90 Å². The molecule has 110 valence electrons. The van der Waals surface area contributed by atoms with Crippen molar-refractivity contribution >= 4 is 0 Å². The second kappa shape index (κ2) is 5.78. The van der Waals surface area contributed by atoms with Gasteiger partial charge >= 0.3 is 0 Å². The summed E-state index contributed by atoms with van der Waals surface area (Å²) in [6.45, 7) is 1.29. The van der Waals surface area contributed by atoms with Crippen LogP contribution >= 0.6 is 0 Å². The van der Waals surface area contributed by atoms with Crippen molar-refractivity contribution in [2.75, 3.05) is 13.1 Å². The molecule has 0 aromatic heterocycles. The van der Waals surface area contributed by atoms with Gasteiger partial charge in [0.2, 0.25) is 0 Å². The Balaban J connectivity index is 1.88. The van der Waals surface area contributed by atoms with E-state index in [-0.39, 0.29) is 6.04 Å². The number of nitrogens with two attached hydrogens (primary N) is 1. The largest absolute Gasteiger partial charge is 0.329 e. The first-order valence-electron chi connectivity index (χ1n) is 7.62. The number of likely N-dealkylation sites (tertiary alicyclic amines) is 1. The zero-order valence-corrected chi connectivity index (χ0v) is 11.7. The highest BCUT2D eigenvalue weighted by molar-refractivity contribution is 5.23. The molecule has 2 nitrogen and oxygen atoms in total. The van der Waals surface area contributed by atoms with Crippen LogP contribution in [0.2, 0.25) is 0 Å². The van der Waals surface area contributed by atoms with E-state index in [0.717, 1.165) is 25.3 Å². The molecular formula is C16H22F2N2. The molecule has 3 rings (SSSR count). The Hall–Kier alpha value is -1.00. The Morgan fingerprint density at radius 1 is 1.20 bits per heavy atom. The maximum absolute atomic E-state index is 14.1. The van der Waals surface area contributed by atoms with E-state index in [0.29, 0.717) is 18.2 Å². The molecule has 2 fully saturated rings. The highest BCUT2D eigenvalue weighted by Crippen LogP contribution is 2.40. The first kappa shape index (κ1) is 14.0. The van der Waals surface area contributed by atoms with E-state index in [1.54, 1.807) is 12.1 Å². The molecule has 2 N–H and O–H groups in total. The summed E-state index contributed by atoms with van der Waals surface area (Å²) in [5, 5.41) is 0. The standard InChI is InChI=1S/C16H22F2N2/c17-13-6-3-5-12(16(13)18)15(10-19)20-9-8-11-4-1-2-7-14(11)20/h3,5-6,11,14-15H,1-2,4,7-10,19H2. The van der Waals surface area contributed by atoms with Crippen LogP contribution in [0.4, 0.5) is 8.78 Å². The van der Waals surface area contributed by atoms with Crippen molar-refractivity contribution in [3.63, 3.8) is 0 Å². The summed E-state index contributed by atoms with van der Waals surface area (Å²) in [7, 11) is 0. The fraction of sp³-hybridized carbons (Fsp3) is 0.625. The Bertz CT molecular complexity index is 478. The molecule has 1 aromatic carbocycles. The SMILES string of the molecule is NCC(c1cccc(F)c1F)N1CCC2CCCCC21. The molecule has 0 amide bonds. The minimum absolute atomic E-state index is 0.196. The minimum Gasteiger partial charge on any atom is -0.329 e. The normalized spacial score (nSPS) is 28.4. The number of fused-ring (bicyclic) bond motifs is 1. The second-order valence-corrected chi connectivity index (χ2v) is 6.03. The van der Waals surface area contributed by atoms with Crippen LogP contribution in [0, 0.1) is 17.6 Å². The number of rotatable bonds is 3. The fourth-order valence-electron chi connectivity index (χ4n) is 4.05. The highest BCUT2D eigenvalue weighted by Gasteiger charge is 2.39. The maximum Gasteiger partial charge on any atom is 0.163 e. The molecule has 4 heteroatoms. The molecule has 0 radical (unpaired) electrons. The van der Waals surface area contributed by atoms with Gasteiger partial charge in [-0.1, -0.05) is 25.0 Å². The third-order valence-electron chi connectivity index (χ3n) is 5.02. The van der Waals surface area contributed by atoms with E-state index in [1.165, 1.54) is 25.3 Å². The summed E-state index contributed by atoms with van der Waals surface area (Å²) < 4.78 is 27.5. The first-order valence-corrected chi connectivity index (χ1v) is 7.62. The number of hydrogen-bond acceptors (Lipinski definition) is 2. The van der Waals surface area contributed by atoms with E-state index in [9.17, 15) is 8.78 Å². The van der Waals surface area contributed by atoms with Gasteiger partial charge in [0.15, 0.2) is 11.6 Å². The topological polar surface area (TPSA) is 29.3 Å². The lowest BCUT2D eigenvalue weighted by Crippen LogP contribution is -2.40. The Morgan fingerprint density at radius 2 is 2.00 bits per heavy atom. The van der Waals surface area contributed by atoms with Crippen LogP contribution in [-0.4, -0.2) is 24.0 Å². The van der Waals surface area contributed by atoms with Gasteiger partial charge < -0.3 is 5.73 Å². The lowest BCUT2D eigenvalue weighted by Gasteiger charge is -2.37. The Morgan fingerprint density at radius 3 is 2.80 bits per heavy atom. The fourth-order valence-corrected chi connectivity index (χ4v) is 4.05. The summed E-state index contributed by atoms with van der Waals surface area (Å²) in [6, 6.07) is 4.72. The predicted molar refractivity (Wildman–Crippen MR) is 75.2 cm³/mol. The van der Waals surface area contributed by atoms with Crippen molar-refractivity contribution in [3.8, 4) is 0 Å². The molecule has 20 heavy (non-hydrogen) atoms. The first-order chi connectivity index (χ1) is 9.72.